The second-order valence-electron chi connectivity index (χ2n) is 7.10. The van der Waals surface area contributed by atoms with Gasteiger partial charge in [-0.25, -0.2) is 8.42 Å². The van der Waals surface area contributed by atoms with Crippen molar-refractivity contribution in [2.45, 2.75) is 28.9 Å². The van der Waals surface area contributed by atoms with E-state index in [1.165, 1.54) is 17.8 Å². The van der Waals surface area contributed by atoms with Gasteiger partial charge in [0, 0.05) is 15.8 Å². The Morgan fingerprint density at radius 1 is 1.17 bits per heavy atom. The van der Waals surface area contributed by atoms with Gasteiger partial charge >= 0.3 is 5.97 Å². The van der Waals surface area contributed by atoms with Gasteiger partial charge in [0.1, 0.15) is 15.9 Å². The predicted octanol–water partition coefficient (Wildman–Crippen LogP) is 3.78. The number of phenols is 1. The standard InChI is InChI=1S/C20H18ClNO5S2/c21-13-7-5-12(6-8-13)17-9-10-18(28-17)29(26,27)22-20(19(24)25)11-15(20)14-3-1-2-4-16(14)23/h1-9,15,18,22-23H,10-11H2,(H,24,25). The highest BCUT2D eigenvalue weighted by Gasteiger charge is 2.64. The van der Waals surface area contributed by atoms with Crippen LogP contribution in [0.1, 0.15) is 29.9 Å². The van der Waals surface area contributed by atoms with E-state index in [1.807, 2.05) is 18.2 Å². The maximum Gasteiger partial charge on any atom is 0.325 e. The smallest absolute Gasteiger partial charge is 0.325 e. The summed E-state index contributed by atoms with van der Waals surface area (Å²) in [5, 5.41) is 20.4. The summed E-state index contributed by atoms with van der Waals surface area (Å²) >= 11 is 7.08. The summed E-state index contributed by atoms with van der Waals surface area (Å²) < 4.78 is 27.6. The number of sulfonamides is 1. The number of aliphatic carboxylic acids is 1. The third kappa shape index (κ3) is 3.77. The van der Waals surface area contributed by atoms with Crippen LogP contribution in [0.25, 0.3) is 4.91 Å². The molecule has 2 aromatic carbocycles. The van der Waals surface area contributed by atoms with Crippen LogP contribution in [0.15, 0.2) is 54.6 Å². The minimum Gasteiger partial charge on any atom is -0.508 e. The molecule has 3 N–H and O–H groups in total. The van der Waals surface area contributed by atoms with Crippen LogP contribution in [0, 0.1) is 0 Å². The van der Waals surface area contributed by atoms with Crippen LogP contribution in [0.3, 0.4) is 0 Å². The van der Waals surface area contributed by atoms with Gasteiger partial charge < -0.3 is 10.2 Å². The Morgan fingerprint density at radius 2 is 1.86 bits per heavy atom. The van der Waals surface area contributed by atoms with Crippen LogP contribution in [0.2, 0.25) is 5.02 Å². The summed E-state index contributed by atoms with van der Waals surface area (Å²) in [4.78, 5) is 12.8. The number of aromatic hydroxyl groups is 1. The minimum atomic E-state index is -3.93. The topological polar surface area (TPSA) is 104 Å². The molecule has 29 heavy (non-hydrogen) atoms. The van der Waals surface area contributed by atoms with Gasteiger partial charge in [-0.3, -0.25) is 4.79 Å². The van der Waals surface area contributed by atoms with Gasteiger partial charge in [-0.1, -0.05) is 48.0 Å². The zero-order valence-electron chi connectivity index (χ0n) is 15.1. The fraction of sp³-hybridized carbons (Fsp3) is 0.250. The first-order valence-electron chi connectivity index (χ1n) is 8.90. The van der Waals surface area contributed by atoms with Gasteiger partial charge in [0.05, 0.1) is 0 Å². The molecule has 1 saturated carbocycles. The lowest BCUT2D eigenvalue weighted by atomic mass is 10.1. The number of nitrogens with one attached hydrogen (secondary N) is 1. The lowest BCUT2D eigenvalue weighted by molar-refractivity contribution is -0.140. The van der Waals surface area contributed by atoms with Gasteiger partial charge in [0.2, 0.25) is 10.0 Å². The normalized spacial score (nSPS) is 26.2. The molecule has 1 heterocycles. The van der Waals surface area contributed by atoms with Crippen LogP contribution < -0.4 is 4.72 Å². The largest absolute Gasteiger partial charge is 0.508 e. The summed E-state index contributed by atoms with van der Waals surface area (Å²) in [6.07, 6.45) is 2.20. The molecule has 6 nitrogen and oxygen atoms in total. The Bertz CT molecular complexity index is 1100. The second-order valence-corrected chi connectivity index (χ2v) is 10.9. The van der Waals surface area contributed by atoms with Gasteiger partial charge in [-0.05, 0) is 42.2 Å². The molecule has 1 fully saturated rings. The molecule has 152 valence electrons. The molecule has 1 aliphatic heterocycles. The molecular weight excluding hydrogens is 434 g/mol. The molecular formula is C20H18ClNO5S2. The SMILES string of the molecule is O=C(O)C1(NS(=O)(=O)C2CC=C(c3ccc(Cl)cc3)S2)CC1c1ccccc1O. The molecule has 1 aliphatic carbocycles. The van der Waals surface area contributed by atoms with Crippen molar-refractivity contribution in [3.05, 3.63) is 70.8 Å². The molecule has 2 aromatic rings. The maximum absolute atomic E-state index is 13.0. The predicted molar refractivity (Wildman–Crippen MR) is 113 cm³/mol. The number of para-hydroxylation sites is 1. The first kappa shape index (κ1) is 20.3. The average molecular weight is 452 g/mol. The Morgan fingerprint density at radius 3 is 2.52 bits per heavy atom. The number of hydrogen-bond donors (Lipinski definition) is 3. The lowest BCUT2D eigenvalue weighted by Gasteiger charge is -2.19. The monoisotopic (exact) mass is 451 g/mol. The molecule has 0 spiro atoms. The van der Waals surface area contributed by atoms with Crippen LogP contribution in [0.5, 0.6) is 5.75 Å². The highest BCUT2D eigenvalue weighted by atomic mass is 35.5. The van der Waals surface area contributed by atoms with E-state index in [0.29, 0.717) is 10.6 Å². The molecule has 0 saturated heterocycles. The van der Waals surface area contributed by atoms with Gasteiger partial charge in [-0.15, -0.1) is 11.8 Å². The zero-order chi connectivity index (χ0) is 20.8. The molecule has 0 radical (unpaired) electrons. The second kappa shape index (κ2) is 7.36. The van der Waals surface area contributed by atoms with Gasteiger partial charge in [0.15, 0.2) is 0 Å². The number of rotatable bonds is 6. The van der Waals surface area contributed by atoms with Crippen molar-refractivity contribution in [1.29, 1.82) is 0 Å². The van der Waals surface area contributed by atoms with E-state index >= 15 is 0 Å². The Kier molecular flexibility index (Phi) is 5.14. The van der Waals surface area contributed by atoms with E-state index in [4.69, 9.17) is 11.6 Å². The molecule has 3 unspecified atom stereocenters. The molecule has 0 amide bonds. The molecule has 9 heteroatoms. The zero-order valence-corrected chi connectivity index (χ0v) is 17.5. The van der Waals surface area contributed by atoms with Crippen LogP contribution in [-0.2, 0) is 14.8 Å². The van der Waals surface area contributed by atoms with E-state index in [1.54, 1.807) is 30.3 Å². The summed E-state index contributed by atoms with van der Waals surface area (Å²) in [6.45, 7) is 0. The lowest BCUT2D eigenvalue weighted by Crippen LogP contribution is -2.47. The number of benzene rings is 2. The van der Waals surface area contributed by atoms with Crippen molar-refractivity contribution in [3.63, 3.8) is 0 Å². The number of halogens is 1. The highest BCUT2D eigenvalue weighted by Crippen LogP contribution is 2.55. The number of carbonyl (C=O) groups is 1. The third-order valence-corrected chi connectivity index (χ3v) is 9.15. The highest BCUT2D eigenvalue weighted by molar-refractivity contribution is 8.18. The Hall–Kier alpha value is -2.00. The fourth-order valence-corrected chi connectivity index (χ4v) is 6.89. The van der Waals surface area contributed by atoms with E-state index in [-0.39, 0.29) is 18.6 Å². The van der Waals surface area contributed by atoms with Crippen LogP contribution in [-0.4, -0.2) is 34.7 Å². The van der Waals surface area contributed by atoms with Crippen molar-refractivity contribution in [3.8, 4) is 5.75 Å². The van der Waals surface area contributed by atoms with Crippen LogP contribution >= 0.6 is 23.4 Å². The van der Waals surface area contributed by atoms with Crippen molar-refractivity contribution >= 4 is 44.3 Å². The first-order chi connectivity index (χ1) is 13.7. The van der Waals surface area contributed by atoms with Gasteiger partial charge in [0.25, 0.3) is 0 Å². The Balaban J connectivity index is 1.52. The summed E-state index contributed by atoms with van der Waals surface area (Å²) in [6, 6.07) is 13.5. The number of hydrogen-bond acceptors (Lipinski definition) is 5. The fourth-order valence-electron chi connectivity index (χ4n) is 3.56. The summed E-state index contributed by atoms with van der Waals surface area (Å²) in [5.74, 6) is -1.91. The van der Waals surface area contributed by atoms with Crippen molar-refractivity contribution in [2.75, 3.05) is 0 Å². The quantitative estimate of drug-likeness (QED) is 0.617. The van der Waals surface area contributed by atoms with E-state index in [2.05, 4.69) is 4.72 Å². The minimum absolute atomic E-state index is 0.0400. The molecule has 4 rings (SSSR count). The number of thioether (sulfide) groups is 1. The molecule has 0 aromatic heterocycles. The number of allylic oxidation sites excluding steroid dienone is 1. The molecule has 3 atom stereocenters. The first-order valence-corrected chi connectivity index (χ1v) is 11.7. The average Bonchev–Trinajstić information content (AvgIpc) is 3.16. The third-order valence-electron chi connectivity index (χ3n) is 5.21. The van der Waals surface area contributed by atoms with E-state index in [0.717, 1.165) is 10.5 Å². The van der Waals surface area contributed by atoms with Crippen molar-refractivity contribution < 1.29 is 23.4 Å². The number of phenolic OH excluding ortho intramolecular Hbond substituents is 1. The maximum atomic E-state index is 13.0. The number of carboxylic acids is 1. The van der Waals surface area contributed by atoms with Crippen molar-refractivity contribution in [2.24, 2.45) is 0 Å². The van der Waals surface area contributed by atoms with E-state index in [9.17, 15) is 23.4 Å². The van der Waals surface area contributed by atoms with E-state index < -0.39 is 32.0 Å². The van der Waals surface area contributed by atoms with Crippen molar-refractivity contribution in [1.82, 2.24) is 4.72 Å². The summed E-state index contributed by atoms with van der Waals surface area (Å²) in [7, 11) is -3.93. The molecule has 0 bridgehead atoms. The van der Waals surface area contributed by atoms with Gasteiger partial charge in [-0.2, -0.15) is 4.72 Å². The summed E-state index contributed by atoms with van der Waals surface area (Å²) in [5.41, 5.74) is -0.346. The van der Waals surface area contributed by atoms with Crippen LogP contribution in [0.4, 0.5) is 0 Å². The molecule has 2 aliphatic rings. The Labute approximate surface area is 177 Å². The number of carboxylic acid groups (broad SMARTS) is 1.